The van der Waals surface area contributed by atoms with Gasteiger partial charge in [-0.15, -0.1) is 0 Å². The molecule has 1 N–H and O–H groups in total. The Hall–Kier alpha value is -3.00. The molecule has 1 unspecified atom stereocenters. The van der Waals surface area contributed by atoms with Gasteiger partial charge in [0, 0.05) is 11.1 Å². The van der Waals surface area contributed by atoms with Crippen LogP contribution in [0.4, 0.5) is 10.1 Å². The summed E-state index contributed by atoms with van der Waals surface area (Å²) in [5.74, 6) is -2.33. The molecular formula is C19H18ClFN2O5. The predicted molar refractivity (Wildman–Crippen MR) is 101 cm³/mol. The Balaban J connectivity index is 2.38. The maximum Gasteiger partial charge on any atom is 0.308 e. The van der Waals surface area contributed by atoms with Crippen LogP contribution in [0.25, 0.3) is 0 Å². The lowest BCUT2D eigenvalue weighted by atomic mass is 10.0. The molecule has 0 aliphatic carbocycles. The zero-order valence-corrected chi connectivity index (χ0v) is 15.9. The number of carbonyl (C=O) groups is 2. The summed E-state index contributed by atoms with van der Waals surface area (Å²) in [5.41, 5.74) is -0.519. The van der Waals surface area contributed by atoms with Crippen molar-refractivity contribution < 1.29 is 23.6 Å². The molecule has 0 aromatic heterocycles. The van der Waals surface area contributed by atoms with Crippen molar-refractivity contribution in [3.8, 4) is 0 Å². The van der Waals surface area contributed by atoms with Crippen molar-refractivity contribution in [3.05, 3.63) is 74.5 Å². The number of hydrogen-bond donors (Lipinski definition) is 1. The van der Waals surface area contributed by atoms with Gasteiger partial charge in [0.2, 0.25) is 0 Å². The Morgan fingerprint density at radius 1 is 1.25 bits per heavy atom. The summed E-state index contributed by atoms with van der Waals surface area (Å²) in [7, 11) is 0. The van der Waals surface area contributed by atoms with E-state index in [0.29, 0.717) is 0 Å². The Bertz CT molecular complexity index is 904. The highest BCUT2D eigenvalue weighted by atomic mass is 35.5. The molecule has 0 aliphatic rings. The Morgan fingerprint density at radius 3 is 2.57 bits per heavy atom. The smallest absolute Gasteiger partial charge is 0.308 e. The van der Waals surface area contributed by atoms with Gasteiger partial charge in [-0.05, 0) is 32.0 Å². The van der Waals surface area contributed by atoms with Gasteiger partial charge in [-0.1, -0.05) is 29.8 Å². The standard InChI is InChI=1S/C19H18ClFN2O5/c1-11(2)28-18(24)10-16(13-5-3-4-6-17(13)23(26)27)22-19(25)14-9-12(20)7-8-15(14)21/h3-9,11,16H,10H2,1-2H3,(H,22,25). The fourth-order valence-electron chi connectivity index (χ4n) is 2.57. The van der Waals surface area contributed by atoms with Gasteiger partial charge < -0.3 is 10.1 Å². The SMILES string of the molecule is CC(C)OC(=O)CC(NC(=O)c1cc(Cl)ccc1F)c1ccccc1[N+](=O)[O-]. The third-order valence-corrected chi connectivity index (χ3v) is 3.96. The number of benzene rings is 2. The highest BCUT2D eigenvalue weighted by molar-refractivity contribution is 6.31. The number of nitro groups is 1. The van der Waals surface area contributed by atoms with E-state index in [9.17, 15) is 24.1 Å². The van der Waals surface area contributed by atoms with Crippen molar-refractivity contribution in [2.75, 3.05) is 0 Å². The molecule has 2 aromatic carbocycles. The molecule has 0 aliphatic heterocycles. The van der Waals surface area contributed by atoms with Crippen LogP contribution in [0.2, 0.25) is 5.02 Å². The van der Waals surface area contributed by atoms with Crippen LogP contribution in [0, 0.1) is 15.9 Å². The molecule has 7 nitrogen and oxygen atoms in total. The molecule has 0 heterocycles. The second-order valence-corrected chi connectivity index (χ2v) is 6.65. The molecule has 0 fully saturated rings. The van der Waals surface area contributed by atoms with Gasteiger partial charge in [0.25, 0.3) is 11.6 Å². The number of para-hydroxylation sites is 1. The fraction of sp³-hybridized carbons (Fsp3) is 0.263. The quantitative estimate of drug-likeness (QED) is 0.420. The van der Waals surface area contributed by atoms with Crippen molar-refractivity contribution in [1.29, 1.82) is 0 Å². The van der Waals surface area contributed by atoms with Crippen molar-refractivity contribution >= 4 is 29.2 Å². The van der Waals surface area contributed by atoms with Gasteiger partial charge in [0.15, 0.2) is 0 Å². The number of nitrogens with one attached hydrogen (secondary N) is 1. The summed E-state index contributed by atoms with van der Waals surface area (Å²) in [5, 5.41) is 14.0. The first-order valence-corrected chi connectivity index (χ1v) is 8.75. The van der Waals surface area contributed by atoms with Crippen LogP contribution in [-0.2, 0) is 9.53 Å². The number of halogens is 2. The zero-order valence-electron chi connectivity index (χ0n) is 15.1. The minimum absolute atomic E-state index is 0.101. The maximum absolute atomic E-state index is 14.0. The molecule has 2 rings (SSSR count). The molecular weight excluding hydrogens is 391 g/mol. The van der Waals surface area contributed by atoms with E-state index in [4.69, 9.17) is 16.3 Å². The van der Waals surface area contributed by atoms with E-state index in [1.54, 1.807) is 13.8 Å². The number of ether oxygens (including phenoxy) is 1. The average molecular weight is 409 g/mol. The van der Waals surface area contributed by atoms with Crippen LogP contribution in [0.15, 0.2) is 42.5 Å². The van der Waals surface area contributed by atoms with Crippen LogP contribution >= 0.6 is 11.6 Å². The van der Waals surface area contributed by atoms with E-state index in [1.165, 1.54) is 30.3 Å². The molecule has 1 amide bonds. The van der Waals surface area contributed by atoms with Gasteiger partial charge in [0.1, 0.15) is 5.82 Å². The lowest BCUT2D eigenvalue weighted by molar-refractivity contribution is -0.385. The summed E-state index contributed by atoms with van der Waals surface area (Å²) in [6, 6.07) is 8.02. The summed E-state index contributed by atoms with van der Waals surface area (Å²) in [4.78, 5) is 35.4. The molecule has 2 aromatic rings. The number of nitrogens with zero attached hydrogens (tertiary/aromatic N) is 1. The number of nitro benzene ring substituents is 1. The van der Waals surface area contributed by atoms with E-state index in [0.717, 1.165) is 12.1 Å². The Labute approximate surface area is 165 Å². The average Bonchev–Trinajstić information content (AvgIpc) is 2.62. The normalized spacial score (nSPS) is 11.8. The zero-order chi connectivity index (χ0) is 20.8. The minimum atomic E-state index is -1.10. The van der Waals surface area contributed by atoms with E-state index >= 15 is 0 Å². The Morgan fingerprint density at radius 2 is 1.93 bits per heavy atom. The third kappa shape index (κ3) is 5.50. The van der Waals surface area contributed by atoms with Gasteiger partial charge in [-0.25, -0.2) is 4.39 Å². The Kier molecular flexibility index (Phi) is 7.06. The van der Waals surface area contributed by atoms with E-state index in [1.807, 2.05) is 0 Å². The van der Waals surface area contributed by atoms with E-state index < -0.39 is 34.8 Å². The number of rotatable bonds is 7. The molecule has 0 bridgehead atoms. The van der Waals surface area contributed by atoms with Crippen LogP contribution < -0.4 is 5.32 Å². The van der Waals surface area contributed by atoms with Crippen molar-refractivity contribution in [2.24, 2.45) is 0 Å². The first-order valence-electron chi connectivity index (χ1n) is 8.37. The summed E-state index contributed by atoms with van der Waals surface area (Å²) in [6.45, 7) is 3.30. The van der Waals surface area contributed by atoms with Crippen molar-refractivity contribution in [1.82, 2.24) is 5.32 Å². The van der Waals surface area contributed by atoms with Crippen LogP contribution in [0.1, 0.15) is 42.2 Å². The molecule has 0 saturated carbocycles. The monoisotopic (exact) mass is 408 g/mol. The molecule has 0 spiro atoms. The van der Waals surface area contributed by atoms with Crippen LogP contribution in [0.3, 0.4) is 0 Å². The lowest BCUT2D eigenvalue weighted by Gasteiger charge is -2.19. The van der Waals surface area contributed by atoms with Gasteiger partial charge >= 0.3 is 5.97 Å². The van der Waals surface area contributed by atoms with Crippen molar-refractivity contribution in [2.45, 2.75) is 32.4 Å². The summed E-state index contributed by atoms with van der Waals surface area (Å²) < 4.78 is 19.1. The number of esters is 1. The number of hydrogen-bond acceptors (Lipinski definition) is 5. The third-order valence-electron chi connectivity index (χ3n) is 3.73. The first-order chi connectivity index (χ1) is 13.2. The first kappa shape index (κ1) is 21.3. The fourth-order valence-corrected chi connectivity index (χ4v) is 2.74. The summed E-state index contributed by atoms with van der Waals surface area (Å²) in [6.07, 6.45) is -0.767. The minimum Gasteiger partial charge on any atom is -0.463 e. The van der Waals surface area contributed by atoms with Gasteiger partial charge in [0.05, 0.1) is 34.6 Å². The molecule has 9 heteroatoms. The lowest BCUT2D eigenvalue weighted by Crippen LogP contribution is -2.32. The second kappa shape index (κ2) is 9.27. The number of carbonyl (C=O) groups excluding carboxylic acids is 2. The molecule has 148 valence electrons. The molecule has 0 radical (unpaired) electrons. The van der Waals surface area contributed by atoms with Crippen LogP contribution in [-0.4, -0.2) is 22.9 Å². The topological polar surface area (TPSA) is 98.5 Å². The van der Waals surface area contributed by atoms with Gasteiger partial charge in [-0.2, -0.15) is 0 Å². The second-order valence-electron chi connectivity index (χ2n) is 6.21. The molecule has 28 heavy (non-hydrogen) atoms. The van der Waals surface area contributed by atoms with E-state index in [2.05, 4.69) is 5.32 Å². The van der Waals surface area contributed by atoms with E-state index in [-0.39, 0.29) is 28.3 Å². The molecule has 0 saturated heterocycles. The largest absolute Gasteiger partial charge is 0.463 e. The summed E-state index contributed by atoms with van der Waals surface area (Å²) >= 11 is 5.81. The van der Waals surface area contributed by atoms with Gasteiger partial charge in [-0.3, -0.25) is 19.7 Å². The number of amides is 1. The molecule has 1 atom stereocenters. The highest BCUT2D eigenvalue weighted by Crippen LogP contribution is 2.28. The maximum atomic E-state index is 14.0. The highest BCUT2D eigenvalue weighted by Gasteiger charge is 2.27. The van der Waals surface area contributed by atoms with Crippen LogP contribution in [0.5, 0.6) is 0 Å². The predicted octanol–water partition coefficient (Wildman–Crippen LogP) is 4.20. The van der Waals surface area contributed by atoms with Crippen molar-refractivity contribution in [3.63, 3.8) is 0 Å².